The largest absolute Gasteiger partial charge is 0.497 e. The minimum absolute atomic E-state index is 0.113. The van der Waals surface area contributed by atoms with Crippen molar-refractivity contribution in [3.05, 3.63) is 18.2 Å². The molecule has 1 aliphatic heterocycles. The summed E-state index contributed by atoms with van der Waals surface area (Å²) in [6.45, 7) is 4.63. The van der Waals surface area contributed by atoms with Crippen LogP contribution in [0, 0.1) is 0 Å². The number of rotatable bonds is 3. The first-order chi connectivity index (χ1) is 11.0. The summed E-state index contributed by atoms with van der Waals surface area (Å²) in [5, 5.41) is 3.87. The van der Waals surface area contributed by atoms with Gasteiger partial charge in [-0.1, -0.05) is 0 Å². The second-order valence-corrected chi connectivity index (χ2v) is 5.73. The van der Waals surface area contributed by atoms with Gasteiger partial charge in [-0.15, -0.1) is 0 Å². The van der Waals surface area contributed by atoms with Crippen LogP contribution in [0.3, 0.4) is 0 Å². The molecule has 0 radical (unpaired) electrons. The summed E-state index contributed by atoms with van der Waals surface area (Å²) >= 11 is 5.51. The Morgan fingerprint density at radius 2 is 1.83 bits per heavy atom. The number of nitrogens with zero attached hydrogens (tertiary/aromatic N) is 2. The Hall–Kier alpha value is -2.02. The lowest BCUT2D eigenvalue weighted by Gasteiger charge is -2.25. The average Bonchev–Trinajstić information content (AvgIpc) is 2.81. The first kappa shape index (κ1) is 17.3. The first-order valence-corrected chi connectivity index (χ1v) is 7.99. The van der Waals surface area contributed by atoms with E-state index in [1.165, 1.54) is 0 Å². The van der Waals surface area contributed by atoms with Gasteiger partial charge in [-0.05, 0) is 30.8 Å². The summed E-state index contributed by atoms with van der Waals surface area (Å²) in [6.07, 6.45) is 0.904. The molecule has 1 fully saturated rings. The van der Waals surface area contributed by atoms with E-state index in [1.54, 1.807) is 21.1 Å². The Kier molecular flexibility index (Phi) is 6.04. The van der Waals surface area contributed by atoms with Crippen LogP contribution in [-0.2, 0) is 4.79 Å². The number of nitrogens with one attached hydrogen (secondary N) is 1. The van der Waals surface area contributed by atoms with Crippen LogP contribution < -0.4 is 14.8 Å². The van der Waals surface area contributed by atoms with E-state index in [4.69, 9.17) is 21.7 Å². The summed E-state index contributed by atoms with van der Waals surface area (Å²) in [5.74, 6) is 1.51. The van der Waals surface area contributed by atoms with E-state index >= 15 is 0 Å². The molecule has 0 spiro atoms. The second-order valence-electron chi connectivity index (χ2n) is 5.34. The Labute approximate surface area is 142 Å². The van der Waals surface area contributed by atoms with Crippen molar-refractivity contribution >= 4 is 28.9 Å². The number of methoxy groups -OCH3 is 2. The molecule has 2 rings (SSSR count). The van der Waals surface area contributed by atoms with Crippen molar-refractivity contribution in [2.75, 3.05) is 45.7 Å². The van der Waals surface area contributed by atoms with E-state index in [0.717, 1.165) is 37.5 Å². The second kappa shape index (κ2) is 8.01. The van der Waals surface area contributed by atoms with Gasteiger partial charge in [0.05, 0.1) is 19.9 Å². The molecule has 6 nitrogen and oxygen atoms in total. The van der Waals surface area contributed by atoms with E-state index < -0.39 is 0 Å². The lowest BCUT2D eigenvalue weighted by Crippen LogP contribution is -2.38. The molecule has 0 unspecified atom stereocenters. The quantitative estimate of drug-likeness (QED) is 0.851. The zero-order valence-corrected chi connectivity index (χ0v) is 14.6. The summed E-state index contributed by atoms with van der Waals surface area (Å²) in [4.78, 5) is 15.4. The molecule has 1 aromatic carbocycles. The lowest BCUT2D eigenvalue weighted by atomic mass is 10.2. The maximum atomic E-state index is 11.5. The molecule has 0 aliphatic carbocycles. The predicted octanol–water partition coefficient (Wildman–Crippen LogP) is 1.95. The van der Waals surface area contributed by atoms with Crippen LogP contribution in [0.15, 0.2) is 18.2 Å². The smallest absolute Gasteiger partial charge is 0.219 e. The lowest BCUT2D eigenvalue weighted by molar-refractivity contribution is -0.128. The summed E-state index contributed by atoms with van der Waals surface area (Å²) < 4.78 is 10.6. The minimum atomic E-state index is 0.113. The van der Waals surface area contributed by atoms with Crippen LogP contribution in [0.4, 0.5) is 5.69 Å². The number of thiocarbonyl (C=S) groups is 1. The molecule has 1 aliphatic rings. The van der Waals surface area contributed by atoms with E-state index in [1.807, 2.05) is 23.1 Å². The number of anilines is 1. The summed E-state index contributed by atoms with van der Waals surface area (Å²) in [7, 11) is 3.23. The van der Waals surface area contributed by atoms with Gasteiger partial charge in [0.1, 0.15) is 11.5 Å². The molecule has 1 amide bonds. The van der Waals surface area contributed by atoms with Crippen molar-refractivity contribution in [3.8, 4) is 11.5 Å². The normalized spacial score (nSPS) is 14.9. The molecule has 1 saturated heterocycles. The highest BCUT2D eigenvalue weighted by molar-refractivity contribution is 7.80. The van der Waals surface area contributed by atoms with E-state index in [-0.39, 0.29) is 5.91 Å². The van der Waals surface area contributed by atoms with Crippen molar-refractivity contribution in [1.82, 2.24) is 9.80 Å². The fourth-order valence-electron chi connectivity index (χ4n) is 2.53. The topological polar surface area (TPSA) is 54.0 Å². The van der Waals surface area contributed by atoms with Crippen LogP contribution >= 0.6 is 12.2 Å². The maximum absolute atomic E-state index is 11.5. The third-order valence-electron chi connectivity index (χ3n) is 3.88. The zero-order chi connectivity index (χ0) is 16.8. The molecule has 1 aromatic rings. The number of benzene rings is 1. The molecule has 0 atom stereocenters. The molecular weight excluding hydrogens is 314 g/mol. The van der Waals surface area contributed by atoms with Crippen LogP contribution in [-0.4, -0.2) is 61.2 Å². The average molecular weight is 337 g/mol. The summed E-state index contributed by atoms with van der Waals surface area (Å²) in [6, 6.07) is 5.54. The van der Waals surface area contributed by atoms with Gasteiger partial charge >= 0.3 is 0 Å². The Morgan fingerprint density at radius 1 is 1.13 bits per heavy atom. The van der Waals surface area contributed by atoms with Crippen molar-refractivity contribution in [2.45, 2.75) is 13.3 Å². The van der Waals surface area contributed by atoms with Gasteiger partial charge in [0.2, 0.25) is 5.91 Å². The molecule has 126 valence electrons. The number of amides is 1. The van der Waals surface area contributed by atoms with Gasteiger partial charge in [0, 0.05) is 39.2 Å². The van der Waals surface area contributed by atoms with Crippen LogP contribution in [0.5, 0.6) is 11.5 Å². The molecule has 0 aromatic heterocycles. The van der Waals surface area contributed by atoms with Crippen molar-refractivity contribution in [2.24, 2.45) is 0 Å². The van der Waals surface area contributed by atoms with Gasteiger partial charge in [0.25, 0.3) is 0 Å². The molecule has 1 N–H and O–H groups in total. The zero-order valence-electron chi connectivity index (χ0n) is 13.8. The van der Waals surface area contributed by atoms with Crippen molar-refractivity contribution in [1.29, 1.82) is 0 Å². The van der Waals surface area contributed by atoms with Crippen molar-refractivity contribution < 1.29 is 14.3 Å². The third kappa shape index (κ3) is 4.48. The molecule has 0 saturated carbocycles. The number of carbonyl (C=O) groups is 1. The van der Waals surface area contributed by atoms with Crippen molar-refractivity contribution in [3.63, 3.8) is 0 Å². The number of carbonyl (C=O) groups excluding carboxylic acids is 1. The van der Waals surface area contributed by atoms with Crippen LogP contribution in [0.1, 0.15) is 13.3 Å². The predicted molar refractivity (Wildman–Crippen MR) is 94.2 cm³/mol. The van der Waals surface area contributed by atoms with Gasteiger partial charge in [-0.25, -0.2) is 0 Å². The van der Waals surface area contributed by atoms with Crippen LogP contribution in [0.25, 0.3) is 0 Å². The Balaban J connectivity index is 2.03. The fourth-order valence-corrected chi connectivity index (χ4v) is 2.82. The highest BCUT2D eigenvalue weighted by Crippen LogP contribution is 2.29. The van der Waals surface area contributed by atoms with Gasteiger partial charge < -0.3 is 24.6 Å². The highest BCUT2D eigenvalue weighted by atomic mass is 32.1. The Bertz CT molecular complexity index is 580. The standard InChI is InChI=1S/C16H23N3O3S/c1-12(20)18-7-4-8-19(10-9-18)16(23)17-14-6-5-13(21-2)11-15(14)22-3/h5-6,11H,4,7-10H2,1-3H3,(H,17,23). The third-order valence-corrected chi connectivity index (χ3v) is 4.24. The minimum Gasteiger partial charge on any atom is -0.497 e. The summed E-state index contributed by atoms with van der Waals surface area (Å²) in [5.41, 5.74) is 0.797. The number of hydrogen-bond donors (Lipinski definition) is 1. The highest BCUT2D eigenvalue weighted by Gasteiger charge is 2.19. The molecule has 23 heavy (non-hydrogen) atoms. The van der Waals surface area contributed by atoms with Crippen LogP contribution in [0.2, 0.25) is 0 Å². The van der Waals surface area contributed by atoms with E-state index in [9.17, 15) is 4.79 Å². The van der Waals surface area contributed by atoms with Gasteiger partial charge in [-0.3, -0.25) is 4.79 Å². The van der Waals surface area contributed by atoms with E-state index in [0.29, 0.717) is 17.4 Å². The SMILES string of the molecule is COc1ccc(NC(=S)N2CCCN(C(C)=O)CC2)c(OC)c1. The fraction of sp³-hybridized carbons (Fsp3) is 0.500. The maximum Gasteiger partial charge on any atom is 0.219 e. The molecule has 0 bridgehead atoms. The van der Waals surface area contributed by atoms with Gasteiger partial charge in [-0.2, -0.15) is 0 Å². The Morgan fingerprint density at radius 3 is 2.48 bits per heavy atom. The number of hydrogen-bond acceptors (Lipinski definition) is 4. The van der Waals surface area contributed by atoms with Gasteiger partial charge in [0.15, 0.2) is 5.11 Å². The monoisotopic (exact) mass is 337 g/mol. The molecular formula is C16H23N3O3S. The number of ether oxygens (including phenoxy) is 2. The molecule has 7 heteroatoms. The first-order valence-electron chi connectivity index (χ1n) is 7.58. The molecule has 1 heterocycles. The van der Waals surface area contributed by atoms with E-state index in [2.05, 4.69) is 10.2 Å².